The summed E-state index contributed by atoms with van der Waals surface area (Å²) in [6, 6.07) is 5.70. The third-order valence-corrected chi connectivity index (χ3v) is 7.29. The highest BCUT2D eigenvalue weighted by molar-refractivity contribution is 8.00. The van der Waals surface area contributed by atoms with E-state index in [9.17, 15) is 18.8 Å². The van der Waals surface area contributed by atoms with Gasteiger partial charge < -0.3 is 5.32 Å². The molecule has 10 heteroatoms. The van der Waals surface area contributed by atoms with Gasteiger partial charge in [-0.15, -0.1) is 11.3 Å². The molecule has 1 saturated carbocycles. The normalized spacial score (nSPS) is 14.4. The molecule has 2 N–H and O–H groups in total. The third-order valence-electron chi connectivity index (χ3n) is 5.20. The first-order valence-electron chi connectivity index (χ1n) is 10.4. The van der Waals surface area contributed by atoms with E-state index in [0.717, 1.165) is 40.6 Å². The number of fused-ring (bicyclic) bond motifs is 1. The molecule has 1 aliphatic rings. The van der Waals surface area contributed by atoms with Gasteiger partial charge in [0.15, 0.2) is 5.16 Å². The number of hydrogen-bond donors (Lipinski definition) is 2. The highest BCUT2D eigenvalue weighted by atomic mass is 32.2. The van der Waals surface area contributed by atoms with Crippen molar-refractivity contribution in [3.05, 3.63) is 45.3 Å². The molecule has 1 fully saturated rings. The van der Waals surface area contributed by atoms with Gasteiger partial charge in [-0.05, 0) is 51.3 Å². The maximum absolute atomic E-state index is 13.4. The molecule has 0 aliphatic heterocycles. The molecule has 7 nitrogen and oxygen atoms in total. The lowest BCUT2D eigenvalue weighted by Crippen LogP contribution is -2.43. The smallest absolute Gasteiger partial charge is 0.321 e. The molecule has 2 heterocycles. The van der Waals surface area contributed by atoms with Crippen LogP contribution >= 0.6 is 23.1 Å². The van der Waals surface area contributed by atoms with Crippen molar-refractivity contribution in [2.24, 2.45) is 0 Å². The van der Waals surface area contributed by atoms with Gasteiger partial charge in [0.2, 0.25) is 5.91 Å². The number of nitrogens with zero attached hydrogens (tertiary/aromatic N) is 2. The van der Waals surface area contributed by atoms with Crippen LogP contribution in [0, 0.1) is 12.7 Å². The van der Waals surface area contributed by atoms with Gasteiger partial charge in [0.25, 0.3) is 5.56 Å². The Kier molecular flexibility index (Phi) is 6.34. The van der Waals surface area contributed by atoms with Gasteiger partial charge in [0, 0.05) is 23.0 Å². The molecule has 3 amide bonds. The van der Waals surface area contributed by atoms with Gasteiger partial charge in [-0.2, -0.15) is 0 Å². The first kappa shape index (κ1) is 22.5. The van der Waals surface area contributed by atoms with Crippen LogP contribution in [0.2, 0.25) is 0 Å². The second kappa shape index (κ2) is 9.03. The highest BCUT2D eigenvalue weighted by Crippen LogP contribution is 2.37. The Hall–Kier alpha value is -2.72. The SMILES string of the molecule is CCn1c(SC(C)C(=O)NC(=O)NC2CC2)nc2sc(C)c(-c3ccc(F)cc3)c2c1=O. The lowest BCUT2D eigenvalue weighted by Gasteiger charge is -2.14. The van der Waals surface area contributed by atoms with E-state index in [0.29, 0.717) is 21.9 Å². The van der Waals surface area contributed by atoms with Crippen LogP contribution in [0.4, 0.5) is 9.18 Å². The first-order valence-corrected chi connectivity index (χ1v) is 12.1. The van der Waals surface area contributed by atoms with Crippen molar-refractivity contribution in [3.8, 4) is 11.1 Å². The average molecular weight is 475 g/mol. The van der Waals surface area contributed by atoms with Crippen LogP contribution in [0.3, 0.4) is 0 Å². The van der Waals surface area contributed by atoms with E-state index in [1.54, 1.807) is 19.1 Å². The molecule has 2 aromatic heterocycles. The zero-order chi connectivity index (χ0) is 23.0. The number of benzene rings is 1. The number of carbonyl (C=O) groups is 2. The number of aryl methyl sites for hydroxylation is 1. The fraction of sp³-hybridized carbons (Fsp3) is 0.364. The van der Waals surface area contributed by atoms with Crippen LogP contribution in [0.25, 0.3) is 21.3 Å². The van der Waals surface area contributed by atoms with Crippen LogP contribution < -0.4 is 16.2 Å². The Morgan fingerprint density at radius 1 is 1.31 bits per heavy atom. The molecule has 1 aliphatic carbocycles. The zero-order valence-corrected chi connectivity index (χ0v) is 19.5. The summed E-state index contributed by atoms with van der Waals surface area (Å²) in [6.07, 6.45) is 1.86. The van der Waals surface area contributed by atoms with Crippen LogP contribution in [0.1, 0.15) is 31.6 Å². The summed E-state index contributed by atoms with van der Waals surface area (Å²) in [5, 5.41) is 5.35. The average Bonchev–Trinajstić information content (AvgIpc) is 3.49. The minimum atomic E-state index is -0.625. The summed E-state index contributed by atoms with van der Waals surface area (Å²) in [4.78, 5) is 43.9. The number of halogens is 1. The molecule has 1 aromatic carbocycles. The number of imide groups is 1. The second-order valence-corrected chi connectivity index (χ2v) is 10.2. The van der Waals surface area contributed by atoms with E-state index >= 15 is 0 Å². The molecular weight excluding hydrogens is 451 g/mol. The molecule has 1 atom stereocenters. The lowest BCUT2D eigenvalue weighted by molar-refractivity contribution is -0.119. The number of carbonyl (C=O) groups excluding carboxylic acids is 2. The van der Waals surface area contributed by atoms with Crippen LogP contribution in [-0.2, 0) is 11.3 Å². The van der Waals surface area contributed by atoms with Crippen molar-refractivity contribution in [2.45, 2.75) is 56.6 Å². The summed E-state index contributed by atoms with van der Waals surface area (Å²) < 4.78 is 14.9. The standard InChI is InChI=1S/C22H23FN4O3S2/c1-4-27-20(29)17-16(13-5-7-14(23)8-6-13)11(2)31-19(17)26-22(27)32-12(3)18(28)25-21(30)24-15-9-10-15/h5-8,12,15H,4,9-10H2,1-3H3,(H2,24,25,28,30). The monoisotopic (exact) mass is 474 g/mol. The first-order chi connectivity index (χ1) is 15.3. The number of nitrogens with one attached hydrogen (secondary N) is 2. The number of amides is 3. The van der Waals surface area contributed by atoms with Crippen LogP contribution in [0.5, 0.6) is 0 Å². The number of hydrogen-bond acceptors (Lipinski definition) is 6. The summed E-state index contributed by atoms with van der Waals surface area (Å²) in [5.74, 6) is -0.786. The van der Waals surface area contributed by atoms with E-state index in [1.165, 1.54) is 28.0 Å². The van der Waals surface area contributed by atoms with Gasteiger partial charge in [0.05, 0.1) is 10.6 Å². The van der Waals surface area contributed by atoms with Gasteiger partial charge in [-0.1, -0.05) is 23.9 Å². The van der Waals surface area contributed by atoms with E-state index in [-0.39, 0.29) is 17.4 Å². The van der Waals surface area contributed by atoms with Crippen molar-refractivity contribution in [3.63, 3.8) is 0 Å². The Morgan fingerprint density at radius 2 is 2.00 bits per heavy atom. The van der Waals surface area contributed by atoms with Crippen molar-refractivity contribution in [1.82, 2.24) is 20.2 Å². The molecular formula is C22H23FN4O3S2. The third kappa shape index (κ3) is 4.56. The largest absolute Gasteiger partial charge is 0.335 e. The lowest BCUT2D eigenvalue weighted by atomic mass is 10.0. The fourth-order valence-electron chi connectivity index (χ4n) is 3.38. The van der Waals surface area contributed by atoms with E-state index in [2.05, 4.69) is 15.6 Å². The maximum atomic E-state index is 13.4. The van der Waals surface area contributed by atoms with E-state index in [4.69, 9.17) is 0 Å². The van der Waals surface area contributed by atoms with Gasteiger partial charge in [0.1, 0.15) is 10.6 Å². The number of aromatic nitrogens is 2. The van der Waals surface area contributed by atoms with Crippen molar-refractivity contribution in [2.75, 3.05) is 0 Å². The number of thioether (sulfide) groups is 1. The predicted octanol–water partition coefficient (Wildman–Crippen LogP) is 4.06. The van der Waals surface area contributed by atoms with E-state index < -0.39 is 17.2 Å². The molecule has 0 saturated heterocycles. The van der Waals surface area contributed by atoms with Crippen LogP contribution in [-0.4, -0.2) is 32.8 Å². The number of rotatable bonds is 6. The summed E-state index contributed by atoms with van der Waals surface area (Å²) in [6.45, 7) is 5.79. The maximum Gasteiger partial charge on any atom is 0.321 e. The minimum absolute atomic E-state index is 0.150. The minimum Gasteiger partial charge on any atom is -0.335 e. The van der Waals surface area contributed by atoms with Crippen molar-refractivity contribution >= 4 is 45.3 Å². The topological polar surface area (TPSA) is 93.1 Å². The Balaban J connectivity index is 1.65. The van der Waals surface area contributed by atoms with Gasteiger partial charge >= 0.3 is 6.03 Å². The van der Waals surface area contributed by atoms with E-state index in [1.807, 2.05) is 13.8 Å². The molecule has 0 spiro atoms. The number of urea groups is 1. The van der Waals surface area contributed by atoms with Crippen molar-refractivity contribution in [1.29, 1.82) is 0 Å². The predicted molar refractivity (Wildman–Crippen MR) is 125 cm³/mol. The highest BCUT2D eigenvalue weighted by Gasteiger charge is 2.26. The van der Waals surface area contributed by atoms with Gasteiger partial charge in [-0.3, -0.25) is 19.5 Å². The Bertz CT molecular complexity index is 1250. The fourth-order valence-corrected chi connectivity index (χ4v) is 5.44. The zero-order valence-electron chi connectivity index (χ0n) is 17.9. The van der Waals surface area contributed by atoms with Crippen LogP contribution in [0.15, 0.2) is 34.2 Å². The summed E-state index contributed by atoms with van der Waals surface area (Å²) >= 11 is 2.53. The quantitative estimate of drug-likeness (QED) is 0.415. The van der Waals surface area contributed by atoms with Gasteiger partial charge in [-0.25, -0.2) is 14.2 Å². The number of thiophene rings is 1. The molecule has 4 rings (SSSR count). The molecule has 3 aromatic rings. The molecule has 32 heavy (non-hydrogen) atoms. The molecule has 0 radical (unpaired) electrons. The summed E-state index contributed by atoms with van der Waals surface area (Å²) in [7, 11) is 0. The molecule has 1 unspecified atom stereocenters. The second-order valence-electron chi connectivity index (χ2n) is 7.66. The molecule has 0 bridgehead atoms. The Labute approximate surface area is 192 Å². The molecule has 168 valence electrons. The van der Waals surface area contributed by atoms with Crippen molar-refractivity contribution < 1.29 is 14.0 Å². The Morgan fingerprint density at radius 3 is 2.62 bits per heavy atom. The summed E-state index contributed by atoms with van der Waals surface area (Å²) in [5.41, 5.74) is 1.30.